The minimum absolute atomic E-state index is 0.0150. The van der Waals surface area contributed by atoms with Crippen LogP contribution in [0.15, 0.2) is 53.4 Å². The summed E-state index contributed by atoms with van der Waals surface area (Å²) < 4.78 is 0. The van der Waals surface area contributed by atoms with E-state index in [-0.39, 0.29) is 24.1 Å². The van der Waals surface area contributed by atoms with Gasteiger partial charge in [0.05, 0.1) is 11.4 Å². The summed E-state index contributed by atoms with van der Waals surface area (Å²) in [6.07, 6.45) is 0.207. The highest BCUT2D eigenvalue weighted by Gasteiger charge is 2.24. The molecule has 0 unspecified atom stereocenters. The Balaban J connectivity index is 1.57. The van der Waals surface area contributed by atoms with Gasteiger partial charge < -0.3 is 15.5 Å². The molecular weight excluding hydrogens is 350 g/mol. The Labute approximate surface area is 156 Å². The molecule has 1 heterocycles. The van der Waals surface area contributed by atoms with Gasteiger partial charge in [-0.05, 0) is 36.4 Å². The molecule has 3 rings (SSSR count). The largest absolute Gasteiger partial charge is 0.326 e. The molecule has 0 atom stereocenters. The zero-order valence-electron chi connectivity index (χ0n) is 14.3. The topological polar surface area (TPSA) is 78.5 Å². The monoisotopic (exact) mass is 369 g/mol. The third-order valence-corrected chi connectivity index (χ3v) is 4.91. The predicted molar refractivity (Wildman–Crippen MR) is 104 cm³/mol. The zero-order chi connectivity index (χ0) is 18.5. The Morgan fingerprint density at radius 1 is 1.04 bits per heavy atom. The molecule has 0 saturated heterocycles. The van der Waals surface area contributed by atoms with Gasteiger partial charge >= 0.3 is 0 Å². The van der Waals surface area contributed by atoms with Gasteiger partial charge in [0.25, 0.3) is 0 Å². The van der Waals surface area contributed by atoms with Crippen LogP contribution in [0.2, 0.25) is 0 Å². The van der Waals surface area contributed by atoms with Gasteiger partial charge in [-0.2, -0.15) is 0 Å². The highest BCUT2D eigenvalue weighted by Crippen LogP contribution is 2.34. The van der Waals surface area contributed by atoms with Gasteiger partial charge in [-0.1, -0.05) is 12.1 Å². The smallest absolute Gasteiger partial charge is 0.237 e. The molecule has 134 valence electrons. The van der Waals surface area contributed by atoms with Crippen LogP contribution in [-0.4, -0.2) is 30.0 Å². The first kappa shape index (κ1) is 18.0. The van der Waals surface area contributed by atoms with Crippen LogP contribution in [-0.2, 0) is 14.4 Å². The van der Waals surface area contributed by atoms with E-state index in [2.05, 4.69) is 10.6 Å². The lowest BCUT2D eigenvalue weighted by Crippen LogP contribution is -2.37. The Morgan fingerprint density at radius 3 is 2.38 bits per heavy atom. The summed E-state index contributed by atoms with van der Waals surface area (Å²) in [5.74, 6) is 0.0943. The number of fused-ring (bicyclic) bond motifs is 1. The van der Waals surface area contributed by atoms with Crippen molar-refractivity contribution in [2.24, 2.45) is 0 Å². The van der Waals surface area contributed by atoms with Gasteiger partial charge in [-0.25, -0.2) is 0 Å². The lowest BCUT2D eigenvalue weighted by Gasteiger charge is -2.28. The summed E-state index contributed by atoms with van der Waals surface area (Å²) in [6, 6.07) is 14.6. The van der Waals surface area contributed by atoms with E-state index in [9.17, 15) is 14.4 Å². The molecule has 7 heteroatoms. The van der Waals surface area contributed by atoms with Gasteiger partial charge in [0.1, 0.15) is 0 Å². The van der Waals surface area contributed by atoms with Crippen LogP contribution < -0.4 is 15.5 Å². The number of amides is 3. The van der Waals surface area contributed by atoms with Crippen molar-refractivity contribution < 1.29 is 14.4 Å². The average Bonchev–Trinajstić information content (AvgIpc) is 2.62. The number of nitrogens with zero attached hydrogens (tertiary/aromatic N) is 1. The zero-order valence-corrected chi connectivity index (χ0v) is 15.1. The molecule has 2 aromatic carbocycles. The van der Waals surface area contributed by atoms with E-state index in [1.54, 1.807) is 29.2 Å². The van der Waals surface area contributed by atoms with Gasteiger partial charge in [0.15, 0.2) is 0 Å². The molecule has 2 N–H and O–H groups in total. The number of hydrogen-bond acceptors (Lipinski definition) is 4. The van der Waals surface area contributed by atoms with E-state index in [0.717, 1.165) is 10.6 Å². The maximum absolute atomic E-state index is 12.2. The molecule has 0 fully saturated rings. The Morgan fingerprint density at radius 2 is 1.69 bits per heavy atom. The van der Waals surface area contributed by atoms with E-state index < -0.39 is 0 Å². The lowest BCUT2D eigenvalue weighted by molar-refractivity contribution is -0.117. The summed E-state index contributed by atoms with van der Waals surface area (Å²) in [4.78, 5) is 38.1. The van der Waals surface area contributed by atoms with Gasteiger partial charge in [0, 0.05) is 36.2 Å². The fourth-order valence-electron chi connectivity index (χ4n) is 2.68. The van der Waals surface area contributed by atoms with E-state index in [0.29, 0.717) is 23.7 Å². The highest BCUT2D eigenvalue weighted by atomic mass is 32.2. The van der Waals surface area contributed by atoms with E-state index in [1.807, 2.05) is 24.3 Å². The van der Waals surface area contributed by atoms with Gasteiger partial charge in [-0.3, -0.25) is 14.4 Å². The Kier molecular flexibility index (Phi) is 5.58. The molecule has 0 aromatic heterocycles. The molecule has 26 heavy (non-hydrogen) atoms. The normalized spacial score (nSPS) is 13.1. The molecule has 1 aliphatic rings. The van der Waals surface area contributed by atoms with Crippen molar-refractivity contribution in [2.45, 2.75) is 18.2 Å². The number of nitrogens with one attached hydrogen (secondary N) is 2. The molecule has 1 aliphatic heterocycles. The van der Waals surface area contributed by atoms with Crippen molar-refractivity contribution in [2.75, 3.05) is 27.8 Å². The molecular formula is C19H19N3O3S. The van der Waals surface area contributed by atoms with Crippen LogP contribution in [0.5, 0.6) is 0 Å². The highest BCUT2D eigenvalue weighted by molar-refractivity contribution is 8.00. The van der Waals surface area contributed by atoms with Crippen LogP contribution in [0.3, 0.4) is 0 Å². The second-order valence-electron chi connectivity index (χ2n) is 5.86. The first-order chi connectivity index (χ1) is 12.5. The predicted octanol–water partition coefficient (Wildman–Crippen LogP) is 3.11. The fourth-order valence-corrected chi connectivity index (χ4v) is 3.61. The number of hydrogen-bond donors (Lipinski definition) is 2. The van der Waals surface area contributed by atoms with E-state index in [1.165, 1.54) is 18.7 Å². The number of benzene rings is 2. The van der Waals surface area contributed by atoms with Crippen molar-refractivity contribution in [1.29, 1.82) is 0 Å². The summed E-state index contributed by atoms with van der Waals surface area (Å²) in [5, 5.41) is 5.48. The van der Waals surface area contributed by atoms with E-state index in [4.69, 9.17) is 0 Å². The van der Waals surface area contributed by atoms with Crippen LogP contribution in [0.25, 0.3) is 0 Å². The maximum Gasteiger partial charge on any atom is 0.237 e. The number of rotatable bonds is 5. The molecule has 0 bridgehead atoms. The van der Waals surface area contributed by atoms with Gasteiger partial charge in [-0.15, -0.1) is 11.8 Å². The van der Waals surface area contributed by atoms with Crippen molar-refractivity contribution in [3.05, 3.63) is 48.5 Å². The molecule has 6 nitrogen and oxygen atoms in total. The number of para-hydroxylation sites is 1. The minimum atomic E-state index is -0.166. The van der Waals surface area contributed by atoms with Crippen LogP contribution in [0.4, 0.5) is 17.1 Å². The Bertz CT molecular complexity index is 836. The first-order valence-electron chi connectivity index (χ1n) is 8.22. The number of thioether (sulfide) groups is 1. The minimum Gasteiger partial charge on any atom is -0.326 e. The number of carbonyl (C=O) groups excluding carboxylic acids is 3. The standard InChI is InChI=1S/C19H19N3O3S/c1-13(23)20-14-6-8-15(9-7-14)21-18(24)10-11-22-16-4-2-3-5-17(16)26-12-19(22)25/h2-9H,10-12H2,1H3,(H,20,23)(H,21,24). The first-order valence-corrected chi connectivity index (χ1v) is 9.21. The molecule has 3 amide bonds. The maximum atomic E-state index is 12.2. The second-order valence-corrected chi connectivity index (χ2v) is 6.88. The lowest BCUT2D eigenvalue weighted by atomic mass is 10.2. The SMILES string of the molecule is CC(=O)Nc1ccc(NC(=O)CCN2C(=O)CSc3ccccc32)cc1. The van der Waals surface area contributed by atoms with Gasteiger partial charge in [0.2, 0.25) is 17.7 Å². The van der Waals surface area contributed by atoms with Crippen LogP contribution in [0.1, 0.15) is 13.3 Å². The van der Waals surface area contributed by atoms with Crippen LogP contribution in [0, 0.1) is 0 Å². The number of anilines is 3. The van der Waals surface area contributed by atoms with E-state index >= 15 is 0 Å². The van der Waals surface area contributed by atoms with Crippen molar-refractivity contribution in [1.82, 2.24) is 0 Å². The summed E-state index contributed by atoms with van der Waals surface area (Å²) in [7, 11) is 0. The fraction of sp³-hybridized carbons (Fsp3) is 0.211. The summed E-state index contributed by atoms with van der Waals surface area (Å²) >= 11 is 1.52. The third-order valence-electron chi connectivity index (χ3n) is 3.86. The average molecular weight is 369 g/mol. The second kappa shape index (κ2) is 8.05. The molecule has 2 aromatic rings. The summed E-state index contributed by atoms with van der Waals surface area (Å²) in [6.45, 7) is 1.78. The Hall–Kier alpha value is -2.80. The number of carbonyl (C=O) groups is 3. The molecule has 0 saturated carbocycles. The van der Waals surface area contributed by atoms with Crippen molar-refractivity contribution >= 4 is 46.5 Å². The van der Waals surface area contributed by atoms with Crippen molar-refractivity contribution in [3.8, 4) is 0 Å². The third kappa shape index (κ3) is 4.43. The quantitative estimate of drug-likeness (QED) is 0.849. The molecule has 0 aliphatic carbocycles. The summed E-state index contributed by atoms with van der Waals surface area (Å²) in [5.41, 5.74) is 2.18. The molecule has 0 radical (unpaired) electrons. The van der Waals surface area contributed by atoms with Crippen molar-refractivity contribution in [3.63, 3.8) is 0 Å². The molecule has 0 spiro atoms. The van der Waals surface area contributed by atoms with Crippen LogP contribution >= 0.6 is 11.8 Å².